The van der Waals surface area contributed by atoms with Crippen LogP contribution in [0.3, 0.4) is 0 Å². The fourth-order valence-corrected chi connectivity index (χ4v) is 3.17. The topological polar surface area (TPSA) is 81.6 Å². The first-order valence-electron chi connectivity index (χ1n) is 8.72. The maximum atomic E-state index is 12.4. The predicted octanol–water partition coefficient (Wildman–Crippen LogP) is 3.77. The first-order valence-corrected chi connectivity index (χ1v) is 9.10. The second kappa shape index (κ2) is 7.84. The van der Waals surface area contributed by atoms with Crippen molar-refractivity contribution in [3.8, 4) is 17.4 Å². The summed E-state index contributed by atoms with van der Waals surface area (Å²) in [5, 5.41) is 8.80. The van der Waals surface area contributed by atoms with Crippen molar-refractivity contribution in [1.29, 1.82) is 0 Å². The summed E-state index contributed by atoms with van der Waals surface area (Å²) in [6, 6.07) is 10.5. The van der Waals surface area contributed by atoms with Crippen LogP contribution in [0.15, 0.2) is 51.5 Å². The Morgan fingerprint density at radius 1 is 1.19 bits per heavy atom. The molecule has 4 rings (SSSR count). The third kappa shape index (κ3) is 4.14. The third-order valence-corrected chi connectivity index (χ3v) is 4.80. The van der Waals surface area contributed by atoms with E-state index in [9.17, 15) is 4.79 Å². The highest BCUT2D eigenvalue weighted by molar-refractivity contribution is 6.30. The van der Waals surface area contributed by atoms with Gasteiger partial charge in [-0.1, -0.05) is 11.6 Å². The van der Waals surface area contributed by atoms with Crippen molar-refractivity contribution in [1.82, 2.24) is 15.1 Å². The monoisotopic (exact) mass is 387 g/mol. The summed E-state index contributed by atoms with van der Waals surface area (Å²) in [6.07, 6.45) is 3.11. The standard InChI is InChI=1S/C19H18ClN3O4/c20-14-3-5-15(6-4-14)26-12-17(24)23-9-7-13(8-10-23)18-21-22-19(27-18)16-2-1-11-25-16/h1-6,11,13H,7-10,12H2. The first kappa shape index (κ1) is 17.6. The van der Waals surface area contributed by atoms with Crippen molar-refractivity contribution in [3.05, 3.63) is 53.6 Å². The van der Waals surface area contributed by atoms with E-state index in [0.29, 0.717) is 41.4 Å². The van der Waals surface area contributed by atoms with Crippen LogP contribution < -0.4 is 4.74 Å². The number of likely N-dealkylation sites (tertiary alicyclic amines) is 1. The molecule has 3 heterocycles. The second-order valence-electron chi connectivity index (χ2n) is 6.32. The van der Waals surface area contributed by atoms with Crippen LogP contribution in [0.4, 0.5) is 0 Å². The average Bonchev–Trinajstić information content (AvgIpc) is 3.39. The normalized spacial score (nSPS) is 15.1. The minimum Gasteiger partial charge on any atom is -0.484 e. The number of aromatic nitrogens is 2. The Morgan fingerprint density at radius 3 is 2.67 bits per heavy atom. The number of carbonyl (C=O) groups is 1. The summed E-state index contributed by atoms with van der Waals surface area (Å²) in [7, 11) is 0. The smallest absolute Gasteiger partial charge is 0.283 e. The lowest BCUT2D eigenvalue weighted by Gasteiger charge is -2.30. The molecule has 0 N–H and O–H groups in total. The van der Waals surface area contributed by atoms with E-state index < -0.39 is 0 Å². The Kier molecular flexibility index (Phi) is 5.11. The summed E-state index contributed by atoms with van der Waals surface area (Å²) in [5.74, 6) is 2.25. The number of benzene rings is 1. The van der Waals surface area contributed by atoms with Gasteiger partial charge in [0.1, 0.15) is 5.75 Å². The minimum absolute atomic E-state index is 0.00942. The summed E-state index contributed by atoms with van der Waals surface area (Å²) in [5.41, 5.74) is 0. The van der Waals surface area contributed by atoms with Gasteiger partial charge in [-0.3, -0.25) is 4.79 Å². The van der Waals surface area contributed by atoms with E-state index in [2.05, 4.69) is 10.2 Å². The lowest BCUT2D eigenvalue weighted by Crippen LogP contribution is -2.40. The largest absolute Gasteiger partial charge is 0.484 e. The Bertz CT molecular complexity index is 884. The van der Waals surface area contributed by atoms with E-state index in [-0.39, 0.29) is 18.4 Å². The molecule has 8 heteroatoms. The molecular formula is C19H18ClN3O4. The first-order chi connectivity index (χ1) is 13.2. The van der Waals surface area contributed by atoms with Crippen molar-refractivity contribution in [2.45, 2.75) is 18.8 Å². The van der Waals surface area contributed by atoms with Crippen molar-refractivity contribution in [2.75, 3.05) is 19.7 Å². The molecule has 0 aliphatic carbocycles. The van der Waals surface area contributed by atoms with Crippen molar-refractivity contribution in [2.24, 2.45) is 0 Å². The molecule has 1 aliphatic rings. The van der Waals surface area contributed by atoms with E-state index in [1.807, 2.05) is 0 Å². The Morgan fingerprint density at radius 2 is 1.96 bits per heavy atom. The van der Waals surface area contributed by atoms with Gasteiger partial charge in [0.05, 0.1) is 6.26 Å². The van der Waals surface area contributed by atoms with Crippen molar-refractivity contribution < 1.29 is 18.4 Å². The quantitative estimate of drug-likeness (QED) is 0.662. The molecular weight excluding hydrogens is 370 g/mol. The van der Waals surface area contributed by atoms with E-state index in [0.717, 1.165) is 12.8 Å². The van der Waals surface area contributed by atoms with Crippen molar-refractivity contribution in [3.63, 3.8) is 0 Å². The molecule has 1 saturated heterocycles. The fraction of sp³-hybridized carbons (Fsp3) is 0.316. The number of halogens is 1. The van der Waals surface area contributed by atoms with Crippen LogP contribution in [0.5, 0.6) is 5.75 Å². The zero-order valence-electron chi connectivity index (χ0n) is 14.5. The molecule has 0 unspecified atom stereocenters. The molecule has 0 atom stereocenters. The number of ether oxygens (including phenoxy) is 1. The van der Waals surface area contributed by atoms with Gasteiger partial charge in [0.15, 0.2) is 12.4 Å². The molecule has 0 saturated carbocycles. The Balaban J connectivity index is 1.28. The molecule has 7 nitrogen and oxygen atoms in total. The van der Waals surface area contributed by atoms with Gasteiger partial charge in [-0.15, -0.1) is 10.2 Å². The molecule has 0 bridgehead atoms. The molecule has 0 radical (unpaired) electrons. The van der Waals surface area contributed by atoms with Crippen molar-refractivity contribution >= 4 is 17.5 Å². The van der Waals surface area contributed by atoms with Crippen LogP contribution in [-0.4, -0.2) is 40.7 Å². The van der Waals surface area contributed by atoms with Gasteiger partial charge in [0.2, 0.25) is 5.89 Å². The molecule has 1 aromatic carbocycles. The highest BCUT2D eigenvalue weighted by atomic mass is 35.5. The van der Waals surface area contributed by atoms with Crippen LogP contribution >= 0.6 is 11.6 Å². The number of amides is 1. The van der Waals surface area contributed by atoms with E-state index >= 15 is 0 Å². The van der Waals surface area contributed by atoms with Gasteiger partial charge in [-0.25, -0.2) is 0 Å². The van der Waals surface area contributed by atoms with Gasteiger partial charge in [-0.2, -0.15) is 0 Å². The lowest BCUT2D eigenvalue weighted by molar-refractivity contribution is -0.134. The average molecular weight is 388 g/mol. The Hall–Kier alpha value is -2.80. The molecule has 1 aliphatic heterocycles. The zero-order valence-corrected chi connectivity index (χ0v) is 15.3. The number of piperidine rings is 1. The van der Waals surface area contributed by atoms with Gasteiger partial charge in [0, 0.05) is 24.0 Å². The lowest BCUT2D eigenvalue weighted by atomic mass is 9.97. The highest BCUT2D eigenvalue weighted by Crippen LogP contribution is 2.29. The Labute approximate surface area is 160 Å². The number of nitrogens with zero attached hydrogens (tertiary/aromatic N) is 3. The molecule has 2 aromatic heterocycles. The van der Waals surface area contributed by atoms with Gasteiger partial charge in [0.25, 0.3) is 11.8 Å². The summed E-state index contributed by atoms with van der Waals surface area (Å²) < 4.78 is 16.5. The number of hydrogen-bond acceptors (Lipinski definition) is 6. The number of hydrogen-bond donors (Lipinski definition) is 0. The summed E-state index contributed by atoms with van der Waals surface area (Å²) in [6.45, 7) is 1.27. The molecule has 0 spiro atoms. The molecule has 1 fully saturated rings. The number of rotatable bonds is 5. The van der Waals surface area contributed by atoms with Crippen LogP contribution in [0.1, 0.15) is 24.7 Å². The van der Waals surface area contributed by atoms with E-state index in [4.69, 9.17) is 25.2 Å². The maximum absolute atomic E-state index is 12.4. The second-order valence-corrected chi connectivity index (χ2v) is 6.76. The number of furan rings is 1. The SMILES string of the molecule is O=C(COc1ccc(Cl)cc1)N1CCC(c2nnc(-c3ccco3)o2)CC1. The van der Waals surface area contributed by atoms with Crippen LogP contribution in [-0.2, 0) is 4.79 Å². The number of carbonyl (C=O) groups excluding carboxylic acids is 1. The molecule has 140 valence electrons. The summed E-state index contributed by atoms with van der Waals surface area (Å²) >= 11 is 5.84. The molecule has 1 amide bonds. The minimum atomic E-state index is -0.0368. The molecule has 27 heavy (non-hydrogen) atoms. The van der Waals surface area contributed by atoms with E-state index in [1.54, 1.807) is 47.6 Å². The summed E-state index contributed by atoms with van der Waals surface area (Å²) in [4.78, 5) is 14.2. The van der Waals surface area contributed by atoms with Crippen LogP contribution in [0.2, 0.25) is 5.02 Å². The van der Waals surface area contributed by atoms with Gasteiger partial charge in [-0.05, 0) is 49.2 Å². The van der Waals surface area contributed by atoms with Crippen LogP contribution in [0, 0.1) is 0 Å². The van der Waals surface area contributed by atoms with Gasteiger partial charge >= 0.3 is 0 Å². The molecule has 3 aromatic rings. The third-order valence-electron chi connectivity index (χ3n) is 4.55. The predicted molar refractivity (Wildman–Crippen MR) is 97.5 cm³/mol. The van der Waals surface area contributed by atoms with Crippen LogP contribution in [0.25, 0.3) is 11.7 Å². The fourth-order valence-electron chi connectivity index (χ4n) is 3.04. The van der Waals surface area contributed by atoms with E-state index in [1.165, 1.54) is 0 Å². The van der Waals surface area contributed by atoms with Gasteiger partial charge < -0.3 is 18.5 Å². The highest BCUT2D eigenvalue weighted by Gasteiger charge is 2.28. The zero-order chi connectivity index (χ0) is 18.6. The maximum Gasteiger partial charge on any atom is 0.283 e.